The fourth-order valence-electron chi connectivity index (χ4n) is 3.00. The predicted octanol–water partition coefficient (Wildman–Crippen LogP) is 2.85. The minimum absolute atomic E-state index is 0.00826. The van der Waals surface area contributed by atoms with Gasteiger partial charge in [-0.1, -0.05) is 18.2 Å². The molecule has 2 N–H and O–H groups in total. The Hall–Kier alpha value is -3.00. The molecular formula is C19H18N4O3S. The first-order valence-corrected chi connectivity index (χ1v) is 9.51. The number of carbonyl (C=O) groups excluding carboxylic acids is 2. The minimum Gasteiger partial charge on any atom is -0.488 e. The first-order chi connectivity index (χ1) is 13.1. The molecule has 4 rings (SSSR count). The van der Waals surface area contributed by atoms with E-state index < -0.39 is 0 Å². The third-order valence-corrected chi connectivity index (χ3v) is 5.31. The van der Waals surface area contributed by atoms with Crippen molar-refractivity contribution in [1.29, 1.82) is 0 Å². The largest absolute Gasteiger partial charge is 0.488 e. The van der Waals surface area contributed by atoms with Gasteiger partial charge in [-0.2, -0.15) is 0 Å². The second kappa shape index (κ2) is 7.32. The van der Waals surface area contributed by atoms with Crippen LogP contribution in [0.15, 0.2) is 41.9 Å². The van der Waals surface area contributed by atoms with Crippen molar-refractivity contribution in [3.05, 3.63) is 47.6 Å². The average molecular weight is 382 g/mol. The zero-order valence-electron chi connectivity index (χ0n) is 14.6. The van der Waals surface area contributed by atoms with Crippen LogP contribution in [0, 0.1) is 5.92 Å². The lowest BCUT2D eigenvalue weighted by Crippen LogP contribution is -2.40. The van der Waals surface area contributed by atoms with Crippen LogP contribution in [-0.4, -0.2) is 34.9 Å². The summed E-state index contributed by atoms with van der Waals surface area (Å²) < 4.78 is 6.04. The molecule has 1 aliphatic rings. The van der Waals surface area contributed by atoms with Gasteiger partial charge in [-0.3, -0.25) is 14.6 Å². The van der Waals surface area contributed by atoms with Crippen LogP contribution in [-0.2, 0) is 4.79 Å². The summed E-state index contributed by atoms with van der Waals surface area (Å²) in [6.07, 6.45) is 3.02. The van der Waals surface area contributed by atoms with E-state index in [4.69, 9.17) is 4.74 Å². The number of pyridine rings is 1. The van der Waals surface area contributed by atoms with Crippen LogP contribution < -0.4 is 15.4 Å². The molecule has 1 saturated carbocycles. The van der Waals surface area contributed by atoms with Gasteiger partial charge in [-0.05, 0) is 25.0 Å². The summed E-state index contributed by atoms with van der Waals surface area (Å²) in [4.78, 5) is 32.4. The lowest BCUT2D eigenvalue weighted by molar-refractivity contribution is -0.125. The highest BCUT2D eigenvalue weighted by Gasteiger charge is 2.36. The number of fused-ring (bicyclic) bond motifs is 1. The number of rotatable bonds is 5. The fraction of sp³-hybridized carbons (Fsp3) is 0.263. The van der Waals surface area contributed by atoms with Crippen LogP contribution in [0.25, 0.3) is 10.9 Å². The number of nitrogens with zero attached hydrogens (tertiary/aromatic N) is 2. The number of nitrogens with one attached hydrogen (secondary N) is 2. The lowest BCUT2D eigenvalue weighted by atomic mass is 9.81. The van der Waals surface area contributed by atoms with Gasteiger partial charge in [-0.25, -0.2) is 4.98 Å². The van der Waals surface area contributed by atoms with Crippen molar-refractivity contribution in [1.82, 2.24) is 15.3 Å². The van der Waals surface area contributed by atoms with Gasteiger partial charge < -0.3 is 15.4 Å². The number of amides is 2. The minimum atomic E-state index is -0.271. The second-order valence-electron chi connectivity index (χ2n) is 6.35. The molecule has 2 heterocycles. The van der Waals surface area contributed by atoms with E-state index in [-0.39, 0.29) is 23.8 Å². The van der Waals surface area contributed by atoms with Crippen molar-refractivity contribution in [3.8, 4) is 5.75 Å². The highest BCUT2D eigenvalue weighted by Crippen LogP contribution is 2.34. The zero-order chi connectivity index (χ0) is 18.8. The van der Waals surface area contributed by atoms with Crippen molar-refractivity contribution in [3.63, 3.8) is 0 Å². The van der Waals surface area contributed by atoms with Crippen molar-refractivity contribution >= 4 is 39.2 Å². The second-order valence-corrected chi connectivity index (χ2v) is 7.20. The predicted molar refractivity (Wildman–Crippen MR) is 103 cm³/mol. The van der Waals surface area contributed by atoms with Gasteiger partial charge in [-0.15, -0.1) is 11.3 Å². The smallest absolute Gasteiger partial charge is 0.270 e. The maximum Gasteiger partial charge on any atom is 0.270 e. The molecule has 0 bridgehead atoms. The number of hydrogen-bond acceptors (Lipinski definition) is 6. The summed E-state index contributed by atoms with van der Waals surface area (Å²) in [5.74, 6) is 0.258. The molecule has 7 nitrogen and oxygen atoms in total. The molecule has 0 spiro atoms. The number of hydrogen-bond donors (Lipinski definition) is 2. The summed E-state index contributed by atoms with van der Waals surface area (Å²) in [7, 11) is 1.54. The maximum atomic E-state index is 12.3. The molecule has 0 saturated heterocycles. The molecule has 8 heteroatoms. The third-order valence-electron chi connectivity index (χ3n) is 4.55. The van der Waals surface area contributed by atoms with E-state index in [2.05, 4.69) is 20.6 Å². The molecule has 0 unspecified atom stereocenters. The summed E-state index contributed by atoms with van der Waals surface area (Å²) in [6.45, 7) is 0. The Labute approximate surface area is 159 Å². The number of para-hydroxylation sites is 1. The quantitative estimate of drug-likeness (QED) is 0.708. The van der Waals surface area contributed by atoms with Crippen LogP contribution in [0.2, 0.25) is 0 Å². The molecule has 3 aromatic rings. The van der Waals surface area contributed by atoms with Crippen molar-refractivity contribution in [2.45, 2.75) is 18.9 Å². The highest BCUT2D eigenvalue weighted by atomic mass is 32.1. The normalized spacial score (nSPS) is 18.6. The van der Waals surface area contributed by atoms with Gasteiger partial charge in [0, 0.05) is 29.9 Å². The van der Waals surface area contributed by atoms with Crippen LogP contribution in [0.1, 0.15) is 23.3 Å². The summed E-state index contributed by atoms with van der Waals surface area (Å²) in [5.41, 5.74) is 1.13. The monoisotopic (exact) mass is 382 g/mol. The van der Waals surface area contributed by atoms with Gasteiger partial charge in [0.2, 0.25) is 5.91 Å². The number of ether oxygens (including phenoxy) is 1. The Morgan fingerprint density at radius 3 is 2.85 bits per heavy atom. The average Bonchev–Trinajstić information content (AvgIpc) is 3.12. The Kier molecular flexibility index (Phi) is 4.72. The molecule has 1 fully saturated rings. The number of thiazole rings is 1. The molecule has 0 aliphatic heterocycles. The molecule has 0 radical (unpaired) electrons. The molecule has 1 aliphatic carbocycles. The fourth-order valence-corrected chi connectivity index (χ4v) is 3.69. The van der Waals surface area contributed by atoms with Crippen molar-refractivity contribution in [2.75, 3.05) is 12.4 Å². The Morgan fingerprint density at radius 1 is 1.22 bits per heavy atom. The van der Waals surface area contributed by atoms with Crippen molar-refractivity contribution in [2.24, 2.45) is 5.92 Å². The van der Waals surface area contributed by atoms with Gasteiger partial charge in [0.1, 0.15) is 23.1 Å². The van der Waals surface area contributed by atoms with Crippen molar-refractivity contribution < 1.29 is 14.3 Å². The van der Waals surface area contributed by atoms with Gasteiger partial charge in [0.05, 0.1) is 0 Å². The van der Waals surface area contributed by atoms with E-state index in [0.717, 1.165) is 16.7 Å². The first kappa shape index (κ1) is 17.4. The molecular weight excluding hydrogens is 364 g/mol. The number of anilines is 1. The first-order valence-electron chi connectivity index (χ1n) is 8.63. The van der Waals surface area contributed by atoms with Crippen LogP contribution in [0.4, 0.5) is 5.13 Å². The van der Waals surface area contributed by atoms with E-state index in [1.54, 1.807) is 18.6 Å². The number of aromatic nitrogens is 2. The summed E-state index contributed by atoms with van der Waals surface area (Å²) in [6, 6.07) is 9.72. The molecule has 138 valence electrons. The molecule has 27 heavy (non-hydrogen) atoms. The molecule has 0 atom stereocenters. The van der Waals surface area contributed by atoms with Crippen LogP contribution in [0.3, 0.4) is 0 Å². The Bertz CT molecular complexity index is 992. The Balaban J connectivity index is 1.33. The maximum absolute atomic E-state index is 12.3. The van der Waals surface area contributed by atoms with E-state index >= 15 is 0 Å². The molecule has 2 aromatic heterocycles. The standard InChI is InChI=1S/C19H18N4O3S/c1-20-18(25)14-10-27-19(22-14)23-17(24)12-8-13(9-12)26-15-6-2-4-11-5-3-7-21-16(11)15/h2-7,10,12-13H,8-9H2,1H3,(H,20,25)(H,22,23,24)/t12-,13-. The van der Waals surface area contributed by atoms with Gasteiger partial charge >= 0.3 is 0 Å². The summed E-state index contributed by atoms with van der Waals surface area (Å²) in [5, 5.41) is 8.36. The zero-order valence-corrected chi connectivity index (χ0v) is 15.5. The Morgan fingerprint density at radius 2 is 2.04 bits per heavy atom. The number of carbonyl (C=O) groups is 2. The highest BCUT2D eigenvalue weighted by molar-refractivity contribution is 7.14. The summed E-state index contributed by atoms with van der Waals surface area (Å²) >= 11 is 1.23. The van der Waals surface area contributed by atoms with E-state index in [9.17, 15) is 9.59 Å². The van der Waals surface area contributed by atoms with Gasteiger partial charge in [0.25, 0.3) is 5.91 Å². The van der Waals surface area contributed by atoms with E-state index in [0.29, 0.717) is 23.7 Å². The number of benzene rings is 1. The van der Waals surface area contributed by atoms with E-state index in [1.165, 1.54) is 11.3 Å². The SMILES string of the molecule is CNC(=O)c1csc(NC(=O)[C@H]2C[C@H](Oc3cccc4cccnc34)C2)n1. The molecule has 2 amide bonds. The van der Waals surface area contributed by atoms with E-state index in [1.807, 2.05) is 30.3 Å². The topological polar surface area (TPSA) is 93.2 Å². The van der Waals surface area contributed by atoms with Crippen LogP contribution >= 0.6 is 11.3 Å². The van der Waals surface area contributed by atoms with Crippen LogP contribution in [0.5, 0.6) is 5.75 Å². The third kappa shape index (κ3) is 3.61. The molecule has 1 aromatic carbocycles. The van der Waals surface area contributed by atoms with Gasteiger partial charge in [0.15, 0.2) is 5.13 Å². The lowest BCUT2D eigenvalue weighted by Gasteiger charge is -2.34.